The van der Waals surface area contributed by atoms with Crippen molar-refractivity contribution in [2.24, 2.45) is 22.9 Å². The number of amides is 2. The molecule has 10 nitrogen and oxygen atoms in total. The maximum atomic E-state index is 10.1. The number of carbonyl (C=O) groups excluding carboxylic acids is 4. The van der Waals surface area contributed by atoms with Gasteiger partial charge in [-0.2, -0.15) is 0 Å². The van der Waals surface area contributed by atoms with Gasteiger partial charge < -0.3 is 42.7 Å². The van der Waals surface area contributed by atoms with E-state index in [1.165, 1.54) is 0 Å². The third-order valence-corrected chi connectivity index (χ3v) is 2.01. The van der Waals surface area contributed by atoms with Gasteiger partial charge >= 0.3 is 19.5 Å². The Balaban J connectivity index is -0.000000295. The number of carboxylic acid groups (broad SMARTS) is 2. The largest absolute Gasteiger partial charge is 2.00 e. The van der Waals surface area contributed by atoms with E-state index in [-0.39, 0.29) is 45.2 Å². The Morgan fingerprint density at radius 2 is 1.00 bits per heavy atom. The number of aliphatic carboxylic acids is 2. The van der Waals surface area contributed by atoms with E-state index in [0.29, 0.717) is 0 Å². The average Bonchev–Trinajstić information content (AvgIpc) is 2.33. The molecule has 0 rings (SSSR count). The number of primary amides is 2. The Bertz CT molecular complexity index is 331. The van der Waals surface area contributed by atoms with Gasteiger partial charge in [-0.05, 0) is 12.8 Å². The molecule has 0 saturated heterocycles. The number of rotatable bonds is 8. The van der Waals surface area contributed by atoms with Crippen molar-refractivity contribution in [2.75, 3.05) is 0 Å². The van der Waals surface area contributed by atoms with Gasteiger partial charge in [0, 0.05) is 24.9 Å². The summed E-state index contributed by atoms with van der Waals surface area (Å²) < 4.78 is 0. The zero-order valence-corrected chi connectivity index (χ0v) is 14.4. The molecule has 8 N–H and O–H groups in total. The van der Waals surface area contributed by atoms with Crippen LogP contribution in [0, 0.1) is 0 Å². The van der Waals surface area contributed by atoms with Crippen LogP contribution in [0.25, 0.3) is 0 Å². The summed E-state index contributed by atoms with van der Waals surface area (Å²) in [7, 11) is 0. The van der Waals surface area contributed by atoms with E-state index >= 15 is 0 Å². The van der Waals surface area contributed by atoms with Crippen molar-refractivity contribution in [1.82, 2.24) is 0 Å². The van der Waals surface area contributed by atoms with E-state index in [1.807, 2.05) is 0 Å². The Morgan fingerprint density at radius 3 is 1.14 bits per heavy atom. The molecule has 0 aromatic rings. The van der Waals surface area contributed by atoms with Gasteiger partial charge in [-0.25, -0.2) is 0 Å². The molecule has 0 aromatic heterocycles. The zero-order valence-electron chi connectivity index (χ0n) is 11.4. The normalized spacial score (nSPS) is 11.9. The maximum absolute atomic E-state index is 10.1. The minimum Gasteiger partial charge on any atom is -0.548 e. The van der Waals surface area contributed by atoms with Gasteiger partial charge in [0.15, 0.2) is 0 Å². The number of hydrogen-bond acceptors (Lipinski definition) is 8. The van der Waals surface area contributed by atoms with Gasteiger partial charge in [-0.1, -0.05) is 0 Å². The summed E-state index contributed by atoms with van der Waals surface area (Å²) in [6.07, 6.45) is 0.0413. The van der Waals surface area contributed by atoms with Crippen LogP contribution in [0.4, 0.5) is 0 Å². The summed E-state index contributed by atoms with van der Waals surface area (Å²) >= 11 is 0. The summed E-state index contributed by atoms with van der Waals surface area (Å²) in [5.74, 6) is -3.84. The van der Waals surface area contributed by atoms with Gasteiger partial charge in [-0.3, -0.25) is 9.59 Å². The Kier molecular flexibility index (Phi) is 15.6. The zero-order chi connectivity index (χ0) is 16.3. The van der Waals surface area contributed by atoms with Gasteiger partial charge in [0.1, 0.15) is 0 Å². The summed E-state index contributed by atoms with van der Waals surface area (Å²) in [5, 5.41) is 19.8. The van der Waals surface area contributed by atoms with Crippen molar-refractivity contribution in [3.63, 3.8) is 0 Å². The summed E-state index contributed by atoms with van der Waals surface area (Å²) in [4.78, 5) is 40.0. The van der Waals surface area contributed by atoms with E-state index in [9.17, 15) is 29.4 Å². The second kappa shape index (κ2) is 13.4. The molecule has 0 spiro atoms. The number of carbonyl (C=O) groups is 4. The standard InChI is InChI=1S/2C5H10N2O3.Zn/c2*6-3(5(9)10)1-2-4(7)8;/h2*3H,1-2,6H2,(H2,7,8)(H,9,10);/q;;+2/p-2/t2*3-;/m00./s1. The minimum absolute atomic E-state index is 0. The molecule has 0 radical (unpaired) electrons. The fourth-order valence-electron chi connectivity index (χ4n) is 0.831. The molecule has 0 aliphatic carbocycles. The van der Waals surface area contributed by atoms with Gasteiger partial charge in [0.2, 0.25) is 11.8 Å². The first-order valence-corrected chi connectivity index (χ1v) is 5.57. The summed E-state index contributed by atoms with van der Waals surface area (Å²) in [6.45, 7) is 0. The number of nitrogens with two attached hydrogens (primary N) is 4. The second-order valence-electron chi connectivity index (χ2n) is 3.86. The van der Waals surface area contributed by atoms with Crippen LogP contribution in [0.3, 0.4) is 0 Å². The van der Waals surface area contributed by atoms with Crippen molar-refractivity contribution < 1.29 is 48.9 Å². The van der Waals surface area contributed by atoms with E-state index in [4.69, 9.17) is 22.9 Å². The molecule has 0 unspecified atom stereocenters. The summed E-state index contributed by atoms with van der Waals surface area (Å²) in [5.41, 5.74) is 19.5. The molecule has 0 aromatic carbocycles. The molecule has 0 fully saturated rings. The quantitative estimate of drug-likeness (QED) is 0.307. The van der Waals surface area contributed by atoms with Gasteiger partial charge in [0.25, 0.3) is 0 Å². The third-order valence-electron chi connectivity index (χ3n) is 2.01. The van der Waals surface area contributed by atoms with E-state index < -0.39 is 35.8 Å². The molecular formula is C10H18N4O6Zn. The second-order valence-corrected chi connectivity index (χ2v) is 3.86. The molecule has 0 saturated carbocycles. The Morgan fingerprint density at radius 1 is 0.762 bits per heavy atom. The van der Waals surface area contributed by atoms with Gasteiger partial charge in [0.05, 0.1) is 11.9 Å². The van der Waals surface area contributed by atoms with Crippen molar-refractivity contribution in [2.45, 2.75) is 37.8 Å². The first-order chi connectivity index (χ1) is 9.07. The Hall–Kier alpha value is -1.58. The van der Waals surface area contributed by atoms with Crippen LogP contribution in [0.5, 0.6) is 0 Å². The monoisotopic (exact) mass is 354 g/mol. The van der Waals surface area contributed by atoms with E-state index in [2.05, 4.69) is 0 Å². The van der Waals surface area contributed by atoms with Crippen LogP contribution in [-0.4, -0.2) is 35.8 Å². The SMILES string of the molecule is NC(=O)CC[C@H](N)C(=O)[O-].NC(=O)CC[C@H](N)C(=O)[O-].[Zn+2]. The average molecular weight is 356 g/mol. The summed E-state index contributed by atoms with van der Waals surface area (Å²) in [6, 6.07) is -2.18. The van der Waals surface area contributed by atoms with Gasteiger partial charge in [-0.15, -0.1) is 0 Å². The van der Waals surface area contributed by atoms with Crippen LogP contribution in [-0.2, 0) is 38.7 Å². The smallest absolute Gasteiger partial charge is 0.548 e. The third kappa shape index (κ3) is 18.4. The molecule has 0 aliphatic rings. The van der Waals surface area contributed by atoms with E-state index in [0.717, 1.165) is 0 Å². The van der Waals surface area contributed by atoms with Crippen LogP contribution >= 0.6 is 0 Å². The molecular weight excluding hydrogens is 338 g/mol. The molecule has 21 heavy (non-hydrogen) atoms. The molecule has 0 bridgehead atoms. The molecule has 2 atom stereocenters. The molecule has 2 amide bonds. The molecule has 0 heterocycles. The topological polar surface area (TPSA) is 218 Å². The predicted molar refractivity (Wildman–Crippen MR) is 62.8 cm³/mol. The van der Waals surface area contributed by atoms with Crippen LogP contribution in [0.2, 0.25) is 0 Å². The Labute approximate surface area is 134 Å². The van der Waals surface area contributed by atoms with Crippen LogP contribution in [0.1, 0.15) is 25.7 Å². The number of hydrogen-bond donors (Lipinski definition) is 4. The molecule has 0 aliphatic heterocycles. The van der Waals surface area contributed by atoms with Crippen molar-refractivity contribution in [3.05, 3.63) is 0 Å². The maximum Gasteiger partial charge on any atom is 2.00 e. The minimum atomic E-state index is -1.36. The first-order valence-electron chi connectivity index (χ1n) is 5.57. The first kappa shape index (κ1) is 24.4. The van der Waals surface area contributed by atoms with Crippen molar-refractivity contribution >= 4 is 23.8 Å². The number of carboxylic acids is 2. The molecule has 11 heteroatoms. The fourth-order valence-corrected chi connectivity index (χ4v) is 0.831. The van der Waals surface area contributed by atoms with Crippen LogP contribution < -0.4 is 33.1 Å². The van der Waals surface area contributed by atoms with E-state index in [1.54, 1.807) is 0 Å². The van der Waals surface area contributed by atoms with Crippen molar-refractivity contribution in [3.8, 4) is 0 Å². The van der Waals surface area contributed by atoms with Crippen molar-refractivity contribution in [1.29, 1.82) is 0 Å². The fraction of sp³-hybridized carbons (Fsp3) is 0.600. The molecule has 116 valence electrons. The predicted octanol–water partition coefficient (Wildman–Crippen LogP) is -5.34. The van der Waals surface area contributed by atoms with Crippen LogP contribution in [0.15, 0.2) is 0 Å².